The standard InChI is InChI=1S/C12H18N4O3/c13-15-11-6-3-5-10(12(11)16(17)18)14-8-9-4-1-2-7-19-9/h3,5-6,9,14-15H,1-2,4,7-8,13H2. The third-order valence-corrected chi connectivity index (χ3v) is 3.17. The van der Waals surface area contributed by atoms with Gasteiger partial charge in [0.2, 0.25) is 0 Å². The van der Waals surface area contributed by atoms with Crippen LogP contribution in [0.25, 0.3) is 0 Å². The average Bonchev–Trinajstić information content (AvgIpc) is 2.45. The smallest absolute Gasteiger partial charge is 0.316 e. The van der Waals surface area contributed by atoms with E-state index in [9.17, 15) is 10.1 Å². The van der Waals surface area contributed by atoms with Gasteiger partial charge in [-0.25, -0.2) is 0 Å². The number of benzene rings is 1. The number of nitrogen functional groups attached to an aromatic ring is 1. The second-order valence-electron chi connectivity index (χ2n) is 4.47. The van der Waals surface area contributed by atoms with Crippen LogP contribution < -0.4 is 16.6 Å². The summed E-state index contributed by atoms with van der Waals surface area (Å²) in [7, 11) is 0. The fraction of sp³-hybridized carbons (Fsp3) is 0.500. The molecule has 0 bridgehead atoms. The van der Waals surface area contributed by atoms with Crippen LogP contribution in [0.5, 0.6) is 0 Å². The Hall–Kier alpha value is -1.86. The molecule has 1 unspecified atom stereocenters. The van der Waals surface area contributed by atoms with Crippen LogP contribution in [0, 0.1) is 10.1 Å². The molecule has 0 radical (unpaired) electrons. The summed E-state index contributed by atoms with van der Waals surface area (Å²) in [4.78, 5) is 10.6. The van der Waals surface area contributed by atoms with Crippen molar-refractivity contribution in [1.29, 1.82) is 0 Å². The Bertz CT molecular complexity index is 447. The quantitative estimate of drug-likeness (QED) is 0.427. The molecule has 0 aromatic heterocycles. The van der Waals surface area contributed by atoms with E-state index in [4.69, 9.17) is 10.6 Å². The average molecular weight is 266 g/mol. The maximum Gasteiger partial charge on any atom is 0.316 e. The highest BCUT2D eigenvalue weighted by Crippen LogP contribution is 2.32. The van der Waals surface area contributed by atoms with E-state index in [0.29, 0.717) is 17.9 Å². The van der Waals surface area contributed by atoms with Gasteiger partial charge < -0.3 is 15.5 Å². The van der Waals surface area contributed by atoms with Crippen LogP contribution in [-0.4, -0.2) is 24.2 Å². The van der Waals surface area contributed by atoms with Crippen molar-refractivity contribution < 1.29 is 9.66 Å². The van der Waals surface area contributed by atoms with Crippen molar-refractivity contribution in [2.45, 2.75) is 25.4 Å². The molecule has 7 nitrogen and oxygen atoms in total. The maximum absolute atomic E-state index is 11.1. The van der Waals surface area contributed by atoms with Gasteiger partial charge in [0.25, 0.3) is 0 Å². The highest BCUT2D eigenvalue weighted by Gasteiger charge is 2.20. The Morgan fingerprint density at radius 2 is 2.21 bits per heavy atom. The van der Waals surface area contributed by atoms with Crippen LogP contribution >= 0.6 is 0 Å². The first-order valence-corrected chi connectivity index (χ1v) is 6.32. The molecule has 1 saturated heterocycles. The zero-order valence-electron chi connectivity index (χ0n) is 10.6. The van der Waals surface area contributed by atoms with Gasteiger partial charge in [-0.1, -0.05) is 6.07 Å². The van der Waals surface area contributed by atoms with Crippen LogP contribution in [0.1, 0.15) is 19.3 Å². The summed E-state index contributed by atoms with van der Waals surface area (Å²) in [5, 5.41) is 14.2. The molecular weight excluding hydrogens is 248 g/mol. The van der Waals surface area contributed by atoms with Crippen LogP contribution in [0.4, 0.5) is 17.1 Å². The summed E-state index contributed by atoms with van der Waals surface area (Å²) < 4.78 is 5.58. The van der Waals surface area contributed by atoms with Crippen molar-refractivity contribution in [2.24, 2.45) is 5.84 Å². The number of rotatable bonds is 5. The summed E-state index contributed by atoms with van der Waals surface area (Å²) in [6, 6.07) is 4.95. The van der Waals surface area contributed by atoms with E-state index in [1.807, 2.05) is 0 Å². The van der Waals surface area contributed by atoms with Crippen LogP contribution in [0.15, 0.2) is 18.2 Å². The number of anilines is 2. The fourth-order valence-electron chi connectivity index (χ4n) is 2.19. The largest absolute Gasteiger partial charge is 0.377 e. The third-order valence-electron chi connectivity index (χ3n) is 3.17. The number of nitro groups is 1. The van der Waals surface area contributed by atoms with Crippen LogP contribution in [0.3, 0.4) is 0 Å². The van der Waals surface area contributed by atoms with E-state index in [-0.39, 0.29) is 11.8 Å². The van der Waals surface area contributed by atoms with Gasteiger partial charge in [-0.3, -0.25) is 16.0 Å². The first-order chi connectivity index (χ1) is 9.22. The number of hydrazine groups is 1. The molecular formula is C12H18N4O3. The minimum absolute atomic E-state index is 0.0409. The summed E-state index contributed by atoms with van der Waals surface area (Å²) in [6.45, 7) is 1.33. The Morgan fingerprint density at radius 1 is 1.42 bits per heavy atom. The lowest BCUT2D eigenvalue weighted by atomic mass is 10.1. The molecule has 0 saturated carbocycles. The first kappa shape index (κ1) is 13.6. The van der Waals surface area contributed by atoms with Crippen molar-refractivity contribution in [2.75, 3.05) is 23.9 Å². The van der Waals surface area contributed by atoms with Gasteiger partial charge >= 0.3 is 5.69 Å². The van der Waals surface area contributed by atoms with Gasteiger partial charge in [0.1, 0.15) is 11.4 Å². The van der Waals surface area contributed by atoms with Gasteiger partial charge in [0.05, 0.1) is 11.0 Å². The molecule has 1 aliphatic rings. The molecule has 1 heterocycles. The summed E-state index contributed by atoms with van der Waals surface area (Å²) in [5.74, 6) is 5.29. The van der Waals surface area contributed by atoms with Crippen LogP contribution in [-0.2, 0) is 4.74 Å². The zero-order chi connectivity index (χ0) is 13.7. The molecule has 19 heavy (non-hydrogen) atoms. The van der Waals surface area contributed by atoms with Crippen LogP contribution in [0.2, 0.25) is 0 Å². The Labute approximate surface area is 111 Å². The molecule has 1 aromatic carbocycles. The van der Waals surface area contributed by atoms with Gasteiger partial charge in [-0.05, 0) is 31.4 Å². The Kier molecular flexibility index (Phi) is 4.53. The van der Waals surface area contributed by atoms with E-state index in [0.717, 1.165) is 25.9 Å². The second-order valence-corrected chi connectivity index (χ2v) is 4.47. The SMILES string of the molecule is NNc1cccc(NCC2CCCCO2)c1[N+](=O)[O-]. The van der Waals surface area contributed by atoms with E-state index < -0.39 is 4.92 Å². The zero-order valence-corrected chi connectivity index (χ0v) is 10.6. The summed E-state index contributed by atoms with van der Waals surface area (Å²) >= 11 is 0. The normalized spacial score (nSPS) is 18.9. The predicted octanol–water partition coefficient (Wildman–Crippen LogP) is 1.86. The molecule has 1 aliphatic heterocycles. The molecule has 1 fully saturated rings. The number of nitrogens with two attached hydrogens (primary N) is 1. The fourth-order valence-corrected chi connectivity index (χ4v) is 2.19. The van der Waals surface area contributed by atoms with E-state index in [2.05, 4.69) is 10.7 Å². The topological polar surface area (TPSA) is 102 Å². The van der Waals surface area contributed by atoms with E-state index in [1.165, 1.54) is 0 Å². The highest BCUT2D eigenvalue weighted by molar-refractivity contribution is 5.75. The minimum atomic E-state index is -0.445. The monoisotopic (exact) mass is 266 g/mol. The first-order valence-electron chi connectivity index (χ1n) is 6.32. The van der Waals surface area contributed by atoms with Gasteiger partial charge in [0.15, 0.2) is 0 Å². The molecule has 7 heteroatoms. The number of para-hydroxylation sites is 1. The van der Waals surface area contributed by atoms with Crippen molar-refractivity contribution in [3.8, 4) is 0 Å². The molecule has 2 rings (SSSR count). The van der Waals surface area contributed by atoms with Crippen molar-refractivity contribution in [3.05, 3.63) is 28.3 Å². The molecule has 104 valence electrons. The number of nitro benzene ring substituents is 1. The molecule has 0 amide bonds. The second kappa shape index (κ2) is 6.35. The van der Waals surface area contributed by atoms with Crippen molar-refractivity contribution in [3.63, 3.8) is 0 Å². The lowest BCUT2D eigenvalue weighted by Gasteiger charge is -2.23. The van der Waals surface area contributed by atoms with Gasteiger partial charge in [0, 0.05) is 13.2 Å². The van der Waals surface area contributed by atoms with Gasteiger partial charge in [-0.2, -0.15) is 0 Å². The van der Waals surface area contributed by atoms with Crippen molar-refractivity contribution >= 4 is 17.1 Å². The summed E-state index contributed by atoms with van der Waals surface area (Å²) in [5.41, 5.74) is 3.05. The lowest BCUT2D eigenvalue weighted by molar-refractivity contribution is -0.383. The number of nitrogens with one attached hydrogen (secondary N) is 2. The molecule has 1 aromatic rings. The molecule has 4 N–H and O–H groups in total. The number of nitrogens with zero attached hydrogens (tertiary/aromatic N) is 1. The Morgan fingerprint density at radius 3 is 2.84 bits per heavy atom. The van der Waals surface area contributed by atoms with E-state index in [1.54, 1.807) is 18.2 Å². The third kappa shape index (κ3) is 3.33. The highest BCUT2D eigenvalue weighted by atomic mass is 16.6. The number of hydrogen-bond donors (Lipinski definition) is 3. The Balaban J connectivity index is 2.08. The molecule has 1 atom stereocenters. The molecule has 0 aliphatic carbocycles. The van der Waals surface area contributed by atoms with E-state index >= 15 is 0 Å². The lowest BCUT2D eigenvalue weighted by Crippen LogP contribution is -2.27. The number of hydrogen-bond acceptors (Lipinski definition) is 6. The van der Waals surface area contributed by atoms with Crippen molar-refractivity contribution in [1.82, 2.24) is 0 Å². The maximum atomic E-state index is 11.1. The summed E-state index contributed by atoms with van der Waals surface area (Å²) in [6.07, 6.45) is 3.32. The predicted molar refractivity (Wildman–Crippen MR) is 73.0 cm³/mol. The van der Waals surface area contributed by atoms with Gasteiger partial charge in [-0.15, -0.1) is 0 Å². The molecule has 0 spiro atoms. The number of ether oxygens (including phenoxy) is 1. The minimum Gasteiger partial charge on any atom is -0.377 e.